The molecular weight excluding hydrogens is 244 g/mol. The molecule has 0 atom stereocenters. The van der Waals surface area contributed by atoms with Gasteiger partial charge in [-0.25, -0.2) is 9.59 Å². The van der Waals surface area contributed by atoms with E-state index in [1.807, 2.05) is 0 Å². The zero-order valence-corrected chi connectivity index (χ0v) is 9.46. The summed E-state index contributed by atoms with van der Waals surface area (Å²) in [6.45, 7) is -0.676. The summed E-state index contributed by atoms with van der Waals surface area (Å²) < 4.78 is 0. The van der Waals surface area contributed by atoms with Crippen LogP contribution in [-0.4, -0.2) is 65.0 Å². The SMILES string of the molecule is O=C(O)C[NH+](CCN1C(=O)C=CC1=O)CC(=O)O. The molecule has 0 bridgehead atoms. The van der Waals surface area contributed by atoms with Crippen molar-refractivity contribution in [2.75, 3.05) is 26.2 Å². The van der Waals surface area contributed by atoms with E-state index in [0.717, 1.165) is 17.1 Å². The lowest BCUT2D eigenvalue weighted by atomic mass is 10.4. The maximum Gasteiger partial charge on any atom is 0.359 e. The first kappa shape index (κ1) is 13.8. The normalized spacial score (nSPS) is 14.6. The van der Waals surface area contributed by atoms with Crippen LogP contribution in [0.1, 0.15) is 0 Å². The molecule has 0 aromatic rings. The van der Waals surface area contributed by atoms with Crippen molar-refractivity contribution in [3.63, 3.8) is 0 Å². The Hall–Kier alpha value is -2.22. The van der Waals surface area contributed by atoms with E-state index < -0.39 is 23.8 Å². The van der Waals surface area contributed by atoms with Gasteiger partial charge in [0.15, 0.2) is 13.1 Å². The second kappa shape index (κ2) is 5.92. The maximum atomic E-state index is 11.2. The molecule has 0 aromatic carbocycles. The standard InChI is InChI=1S/C10H12N2O6/c13-7-1-2-8(14)12(7)4-3-11(5-9(15)16)6-10(17)18/h1-2H,3-6H2,(H,15,16)(H,17,18)/p+1. The van der Waals surface area contributed by atoms with E-state index in [-0.39, 0.29) is 31.1 Å². The number of carboxylic acid groups (broad SMARTS) is 2. The summed E-state index contributed by atoms with van der Waals surface area (Å²) in [5.41, 5.74) is 0. The van der Waals surface area contributed by atoms with Crippen molar-refractivity contribution in [1.29, 1.82) is 0 Å². The largest absolute Gasteiger partial charge is 0.477 e. The molecule has 0 aliphatic carbocycles. The Morgan fingerprint density at radius 1 is 1.06 bits per heavy atom. The predicted octanol–water partition coefficient (Wildman–Crippen LogP) is -3.03. The van der Waals surface area contributed by atoms with Gasteiger partial charge in [0.1, 0.15) is 0 Å². The molecule has 1 aliphatic rings. The van der Waals surface area contributed by atoms with Crippen LogP contribution in [0.5, 0.6) is 0 Å². The fourth-order valence-electron chi connectivity index (χ4n) is 1.59. The van der Waals surface area contributed by atoms with Crippen molar-refractivity contribution in [1.82, 2.24) is 4.90 Å². The molecule has 0 radical (unpaired) electrons. The Morgan fingerprint density at radius 2 is 1.50 bits per heavy atom. The maximum absolute atomic E-state index is 11.2. The highest BCUT2D eigenvalue weighted by atomic mass is 16.4. The van der Waals surface area contributed by atoms with Crippen LogP contribution in [0.25, 0.3) is 0 Å². The monoisotopic (exact) mass is 257 g/mol. The zero-order valence-electron chi connectivity index (χ0n) is 9.46. The van der Waals surface area contributed by atoms with E-state index in [9.17, 15) is 19.2 Å². The number of carbonyl (C=O) groups excluding carboxylic acids is 2. The van der Waals surface area contributed by atoms with Gasteiger partial charge >= 0.3 is 11.9 Å². The van der Waals surface area contributed by atoms with E-state index in [1.54, 1.807) is 0 Å². The van der Waals surface area contributed by atoms with E-state index in [2.05, 4.69) is 0 Å². The summed E-state index contributed by atoms with van der Waals surface area (Å²) in [5.74, 6) is -3.21. The number of carbonyl (C=O) groups is 4. The molecule has 1 aliphatic heterocycles. The van der Waals surface area contributed by atoms with Crippen LogP contribution in [0.2, 0.25) is 0 Å². The number of imide groups is 1. The van der Waals surface area contributed by atoms with Gasteiger partial charge < -0.3 is 15.1 Å². The number of carboxylic acids is 2. The third kappa shape index (κ3) is 3.98. The van der Waals surface area contributed by atoms with Crippen LogP contribution in [0.3, 0.4) is 0 Å². The number of quaternary nitrogens is 1. The lowest BCUT2D eigenvalue weighted by Gasteiger charge is -2.19. The van der Waals surface area contributed by atoms with Crippen molar-refractivity contribution < 1.29 is 34.3 Å². The first-order valence-corrected chi connectivity index (χ1v) is 5.21. The summed E-state index contributed by atoms with van der Waals surface area (Å²) in [5, 5.41) is 17.2. The average molecular weight is 257 g/mol. The quantitative estimate of drug-likeness (QED) is 0.418. The highest BCUT2D eigenvalue weighted by molar-refractivity contribution is 6.12. The van der Waals surface area contributed by atoms with Gasteiger partial charge in [-0.1, -0.05) is 0 Å². The number of aliphatic carboxylic acids is 2. The van der Waals surface area contributed by atoms with Crippen LogP contribution < -0.4 is 4.90 Å². The minimum atomic E-state index is -1.14. The van der Waals surface area contributed by atoms with Crippen molar-refractivity contribution in [3.8, 4) is 0 Å². The van der Waals surface area contributed by atoms with Gasteiger partial charge in [-0.05, 0) is 0 Å². The van der Waals surface area contributed by atoms with Gasteiger partial charge in [-0.15, -0.1) is 0 Å². The summed E-state index contributed by atoms with van der Waals surface area (Å²) in [6, 6.07) is 0. The molecule has 98 valence electrons. The fraction of sp³-hybridized carbons (Fsp3) is 0.400. The van der Waals surface area contributed by atoms with E-state index in [1.165, 1.54) is 0 Å². The zero-order chi connectivity index (χ0) is 13.7. The molecule has 0 spiro atoms. The Bertz CT molecular complexity index is 383. The van der Waals surface area contributed by atoms with E-state index in [0.29, 0.717) is 0 Å². The molecule has 0 saturated carbocycles. The van der Waals surface area contributed by atoms with Gasteiger partial charge in [0.05, 0.1) is 13.1 Å². The molecule has 8 heteroatoms. The first-order valence-electron chi connectivity index (χ1n) is 5.21. The molecular formula is C10H13N2O6+. The molecule has 1 rings (SSSR count). The molecule has 2 amide bonds. The summed E-state index contributed by atoms with van der Waals surface area (Å²) in [7, 11) is 0. The highest BCUT2D eigenvalue weighted by Crippen LogP contribution is 2.01. The minimum Gasteiger partial charge on any atom is -0.477 e. The molecule has 0 fully saturated rings. The average Bonchev–Trinajstić information content (AvgIpc) is 2.54. The second-order valence-corrected chi connectivity index (χ2v) is 3.80. The van der Waals surface area contributed by atoms with Crippen molar-refractivity contribution >= 4 is 23.8 Å². The molecule has 3 N–H and O–H groups in total. The van der Waals surface area contributed by atoms with Crippen molar-refractivity contribution in [3.05, 3.63) is 12.2 Å². The van der Waals surface area contributed by atoms with Gasteiger partial charge in [-0.2, -0.15) is 0 Å². The predicted molar refractivity (Wildman–Crippen MR) is 56.7 cm³/mol. The van der Waals surface area contributed by atoms with E-state index >= 15 is 0 Å². The highest BCUT2D eigenvalue weighted by Gasteiger charge is 2.26. The molecule has 18 heavy (non-hydrogen) atoms. The third-order valence-corrected chi connectivity index (χ3v) is 2.39. The molecule has 1 heterocycles. The summed E-state index contributed by atoms with van der Waals surface area (Å²) in [4.78, 5) is 44.7. The Morgan fingerprint density at radius 3 is 1.89 bits per heavy atom. The van der Waals surface area contributed by atoms with Crippen LogP contribution >= 0.6 is 0 Å². The molecule has 0 unspecified atom stereocenters. The van der Waals surface area contributed by atoms with Crippen LogP contribution in [0.4, 0.5) is 0 Å². The number of hydrogen-bond acceptors (Lipinski definition) is 4. The summed E-state index contributed by atoms with van der Waals surface area (Å²) in [6.07, 6.45) is 2.24. The number of amides is 2. The van der Waals surface area contributed by atoms with Gasteiger partial charge in [-0.3, -0.25) is 14.5 Å². The Labute approximate surface area is 102 Å². The van der Waals surface area contributed by atoms with Crippen LogP contribution in [0, 0.1) is 0 Å². The molecule has 0 aromatic heterocycles. The van der Waals surface area contributed by atoms with Crippen molar-refractivity contribution in [2.24, 2.45) is 0 Å². The first-order chi connectivity index (χ1) is 8.40. The Kier molecular flexibility index (Phi) is 4.55. The molecule has 8 nitrogen and oxygen atoms in total. The smallest absolute Gasteiger partial charge is 0.359 e. The number of hydrogen-bond donors (Lipinski definition) is 3. The van der Waals surface area contributed by atoms with Gasteiger partial charge in [0.25, 0.3) is 11.8 Å². The number of nitrogens with one attached hydrogen (secondary N) is 1. The summed E-state index contributed by atoms with van der Waals surface area (Å²) >= 11 is 0. The lowest BCUT2D eigenvalue weighted by molar-refractivity contribution is -0.884. The fourth-order valence-corrected chi connectivity index (χ4v) is 1.59. The topological polar surface area (TPSA) is 116 Å². The van der Waals surface area contributed by atoms with Crippen molar-refractivity contribution in [2.45, 2.75) is 0 Å². The molecule has 0 saturated heterocycles. The third-order valence-electron chi connectivity index (χ3n) is 2.39. The van der Waals surface area contributed by atoms with Gasteiger partial charge in [0.2, 0.25) is 0 Å². The van der Waals surface area contributed by atoms with Crippen LogP contribution in [-0.2, 0) is 19.2 Å². The Balaban J connectivity index is 2.51. The van der Waals surface area contributed by atoms with E-state index in [4.69, 9.17) is 10.2 Å². The number of nitrogens with zero attached hydrogens (tertiary/aromatic N) is 1. The lowest BCUT2D eigenvalue weighted by Crippen LogP contribution is -3.14. The minimum absolute atomic E-state index is 0.000556. The number of rotatable bonds is 7. The van der Waals surface area contributed by atoms with Crippen LogP contribution in [0.15, 0.2) is 12.2 Å². The van der Waals surface area contributed by atoms with Gasteiger partial charge in [0, 0.05) is 12.2 Å². The second-order valence-electron chi connectivity index (χ2n) is 3.80.